The molecule has 1 aromatic carbocycles. The molecule has 2 aliphatic carbocycles. The lowest BCUT2D eigenvalue weighted by Crippen LogP contribution is -2.47. The Kier molecular flexibility index (Phi) is 6.72. The van der Waals surface area contributed by atoms with Crippen LogP contribution in [0.2, 0.25) is 0 Å². The third kappa shape index (κ3) is 4.35. The van der Waals surface area contributed by atoms with E-state index >= 15 is 0 Å². The number of benzene rings is 1. The van der Waals surface area contributed by atoms with Gasteiger partial charge in [0.1, 0.15) is 18.2 Å². The Morgan fingerprint density at radius 3 is 2.81 bits per heavy atom. The Bertz CT molecular complexity index is 868. The first kappa shape index (κ1) is 23.0. The van der Waals surface area contributed by atoms with Gasteiger partial charge in [0.05, 0.1) is 12.5 Å². The summed E-state index contributed by atoms with van der Waals surface area (Å²) in [4.78, 5) is 25.4. The Hall–Kier alpha value is -2.18. The van der Waals surface area contributed by atoms with Crippen molar-refractivity contribution in [1.29, 1.82) is 0 Å². The summed E-state index contributed by atoms with van der Waals surface area (Å²) in [6.07, 6.45) is 5.50. The van der Waals surface area contributed by atoms with Crippen LogP contribution >= 0.6 is 0 Å². The smallest absolute Gasteiger partial charge is 0.326 e. The van der Waals surface area contributed by atoms with Crippen LogP contribution in [0.4, 0.5) is 0 Å². The van der Waals surface area contributed by atoms with Crippen LogP contribution in [0.1, 0.15) is 58.1 Å². The maximum atomic E-state index is 12.8. The lowest BCUT2D eigenvalue weighted by Gasteiger charge is -2.46. The topological polar surface area (TPSA) is 84.9 Å². The quantitative estimate of drug-likeness (QED) is 0.497. The van der Waals surface area contributed by atoms with Crippen LogP contribution in [0.25, 0.3) is 0 Å². The normalized spacial score (nSPS) is 33.4. The molecule has 0 amide bonds. The number of carbonyl (C=O) groups is 2. The number of rotatable bonds is 7. The SMILES string of the molecule is CCOC(=O)C(NCC1C(=O)OC2CC3(C)CCCC(C)C3=CC21)C(O)c1ccccc1. The fourth-order valence-electron chi connectivity index (χ4n) is 5.93. The van der Waals surface area contributed by atoms with Gasteiger partial charge in [0.25, 0.3) is 0 Å². The number of fused-ring (bicyclic) bond motifs is 2. The first-order valence-electron chi connectivity index (χ1n) is 11.9. The first-order chi connectivity index (χ1) is 15.3. The van der Waals surface area contributed by atoms with Gasteiger partial charge in [0.2, 0.25) is 0 Å². The Morgan fingerprint density at radius 1 is 1.34 bits per heavy atom. The molecule has 0 aromatic heterocycles. The summed E-state index contributed by atoms with van der Waals surface area (Å²) in [6, 6.07) is 8.07. The monoisotopic (exact) mass is 441 g/mol. The highest BCUT2D eigenvalue weighted by molar-refractivity contribution is 5.78. The molecular weight excluding hydrogens is 406 g/mol. The molecule has 1 saturated carbocycles. The number of aliphatic hydroxyl groups is 1. The molecule has 2 fully saturated rings. The summed E-state index contributed by atoms with van der Waals surface area (Å²) in [6.45, 7) is 6.79. The van der Waals surface area contributed by atoms with Gasteiger partial charge in [-0.1, -0.05) is 62.2 Å². The van der Waals surface area contributed by atoms with Crippen molar-refractivity contribution in [2.24, 2.45) is 23.2 Å². The molecule has 1 aliphatic heterocycles. The number of carbonyl (C=O) groups excluding carboxylic acids is 2. The Labute approximate surface area is 190 Å². The molecule has 174 valence electrons. The van der Waals surface area contributed by atoms with Gasteiger partial charge < -0.3 is 19.9 Å². The van der Waals surface area contributed by atoms with E-state index in [2.05, 4.69) is 25.2 Å². The molecule has 0 bridgehead atoms. The van der Waals surface area contributed by atoms with E-state index in [0.29, 0.717) is 11.5 Å². The van der Waals surface area contributed by atoms with Crippen molar-refractivity contribution in [3.8, 4) is 0 Å². The second-order valence-corrected chi connectivity index (χ2v) is 9.83. The van der Waals surface area contributed by atoms with E-state index in [1.165, 1.54) is 18.4 Å². The highest BCUT2D eigenvalue weighted by Gasteiger charge is 2.51. The molecule has 3 aliphatic rings. The van der Waals surface area contributed by atoms with Crippen molar-refractivity contribution < 1.29 is 24.2 Å². The average molecular weight is 442 g/mol. The summed E-state index contributed by atoms with van der Waals surface area (Å²) < 4.78 is 11.0. The molecule has 1 heterocycles. The minimum Gasteiger partial charge on any atom is -0.465 e. The predicted molar refractivity (Wildman–Crippen MR) is 121 cm³/mol. The van der Waals surface area contributed by atoms with Crippen molar-refractivity contribution in [2.45, 2.75) is 64.7 Å². The third-order valence-corrected chi connectivity index (χ3v) is 7.64. The molecule has 0 radical (unpaired) electrons. The van der Waals surface area contributed by atoms with Gasteiger partial charge in [-0.2, -0.15) is 0 Å². The molecule has 6 nitrogen and oxygen atoms in total. The van der Waals surface area contributed by atoms with E-state index in [9.17, 15) is 14.7 Å². The summed E-state index contributed by atoms with van der Waals surface area (Å²) in [5.41, 5.74) is 2.19. The molecular formula is C26H35NO5. The summed E-state index contributed by atoms with van der Waals surface area (Å²) >= 11 is 0. The molecule has 7 atom stereocenters. The average Bonchev–Trinajstić information content (AvgIpc) is 3.06. The third-order valence-electron chi connectivity index (χ3n) is 7.64. The molecule has 1 saturated heterocycles. The van der Waals surface area contributed by atoms with E-state index in [1.54, 1.807) is 19.1 Å². The predicted octanol–water partition coefficient (Wildman–Crippen LogP) is 3.56. The van der Waals surface area contributed by atoms with E-state index < -0.39 is 18.1 Å². The van der Waals surface area contributed by atoms with Crippen molar-refractivity contribution in [3.63, 3.8) is 0 Å². The fourth-order valence-corrected chi connectivity index (χ4v) is 5.93. The molecule has 1 aromatic rings. The van der Waals surface area contributed by atoms with Crippen LogP contribution < -0.4 is 5.32 Å². The van der Waals surface area contributed by atoms with Gasteiger partial charge in [-0.05, 0) is 43.1 Å². The van der Waals surface area contributed by atoms with Crippen molar-refractivity contribution >= 4 is 11.9 Å². The Morgan fingerprint density at radius 2 is 2.09 bits per heavy atom. The van der Waals surface area contributed by atoms with E-state index in [4.69, 9.17) is 9.47 Å². The molecule has 4 rings (SSSR count). The van der Waals surface area contributed by atoms with Gasteiger partial charge in [-0.25, -0.2) is 0 Å². The van der Waals surface area contributed by atoms with Gasteiger partial charge in [0.15, 0.2) is 0 Å². The second kappa shape index (κ2) is 9.36. The largest absolute Gasteiger partial charge is 0.465 e. The van der Waals surface area contributed by atoms with Crippen LogP contribution in [0, 0.1) is 23.2 Å². The van der Waals surface area contributed by atoms with E-state index in [-0.39, 0.29) is 42.5 Å². The zero-order chi connectivity index (χ0) is 22.9. The number of ether oxygens (including phenoxy) is 2. The van der Waals surface area contributed by atoms with Gasteiger partial charge >= 0.3 is 11.9 Å². The van der Waals surface area contributed by atoms with Crippen molar-refractivity contribution in [3.05, 3.63) is 47.5 Å². The van der Waals surface area contributed by atoms with E-state index in [0.717, 1.165) is 12.8 Å². The standard InChI is InChI=1S/C26H35NO5/c1-4-31-25(30)22(23(28)17-10-6-5-7-11-17)27-15-19-18-13-20-16(2)9-8-12-26(20,3)14-21(18)32-24(19)29/h5-7,10-11,13,16,18-19,21-23,27-28H,4,8-9,12,14-15H2,1-3H3. The van der Waals surface area contributed by atoms with Crippen LogP contribution in [-0.2, 0) is 19.1 Å². The lowest BCUT2D eigenvalue weighted by molar-refractivity contribution is -0.150. The highest BCUT2D eigenvalue weighted by atomic mass is 16.6. The van der Waals surface area contributed by atoms with Crippen LogP contribution in [0.5, 0.6) is 0 Å². The van der Waals surface area contributed by atoms with Crippen LogP contribution in [0.15, 0.2) is 42.0 Å². The Balaban J connectivity index is 1.52. The van der Waals surface area contributed by atoms with Crippen LogP contribution in [-0.4, -0.2) is 42.3 Å². The van der Waals surface area contributed by atoms with Crippen LogP contribution in [0.3, 0.4) is 0 Å². The van der Waals surface area contributed by atoms with Gasteiger partial charge in [0, 0.05) is 12.5 Å². The number of esters is 2. The molecule has 2 N–H and O–H groups in total. The molecule has 0 spiro atoms. The second-order valence-electron chi connectivity index (χ2n) is 9.83. The summed E-state index contributed by atoms with van der Waals surface area (Å²) in [5.74, 6) is -0.620. The summed E-state index contributed by atoms with van der Waals surface area (Å²) in [5, 5.41) is 14.0. The molecule has 32 heavy (non-hydrogen) atoms. The number of hydrogen-bond acceptors (Lipinski definition) is 6. The fraction of sp³-hybridized carbons (Fsp3) is 0.615. The van der Waals surface area contributed by atoms with Gasteiger partial charge in [-0.15, -0.1) is 0 Å². The number of allylic oxidation sites excluding steroid dienone is 1. The number of aliphatic hydroxyl groups excluding tert-OH is 1. The molecule has 7 unspecified atom stereocenters. The van der Waals surface area contributed by atoms with Crippen molar-refractivity contribution in [1.82, 2.24) is 5.32 Å². The minimum atomic E-state index is -1.07. The zero-order valence-electron chi connectivity index (χ0n) is 19.3. The summed E-state index contributed by atoms with van der Waals surface area (Å²) in [7, 11) is 0. The minimum absolute atomic E-state index is 0.00432. The number of hydrogen-bond donors (Lipinski definition) is 2. The maximum absolute atomic E-state index is 12.8. The van der Waals surface area contributed by atoms with Gasteiger partial charge in [-0.3, -0.25) is 9.59 Å². The maximum Gasteiger partial charge on any atom is 0.326 e. The number of nitrogens with one attached hydrogen (secondary N) is 1. The zero-order valence-corrected chi connectivity index (χ0v) is 19.3. The lowest BCUT2D eigenvalue weighted by atomic mass is 9.59. The highest BCUT2D eigenvalue weighted by Crippen LogP contribution is 2.53. The first-order valence-corrected chi connectivity index (χ1v) is 11.9. The van der Waals surface area contributed by atoms with Crippen molar-refractivity contribution in [2.75, 3.05) is 13.2 Å². The van der Waals surface area contributed by atoms with E-state index in [1.807, 2.05) is 18.2 Å². The molecule has 6 heteroatoms.